The highest BCUT2D eigenvalue weighted by atomic mass is 35.5. The van der Waals surface area contributed by atoms with Crippen molar-refractivity contribution in [1.82, 2.24) is 20.1 Å². The Hall–Kier alpha value is -1.86. The first-order chi connectivity index (χ1) is 13.1. The third-order valence-corrected chi connectivity index (χ3v) is 5.52. The van der Waals surface area contributed by atoms with Crippen LogP contribution in [-0.4, -0.2) is 27.3 Å². The number of benzene rings is 1. The van der Waals surface area contributed by atoms with Crippen molar-refractivity contribution in [2.45, 2.75) is 58.0 Å². The van der Waals surface area contributed by atoms with Gasteiger partial charge in [0.05, 0.1) is 6.54 Å². The van der Waals surface area contributed by atoms with Crippen LogP contribution in [0.3, 0.4) is 0 Å². The van der Waals surface area contributed by atoms with E-state index in [4.69, 9.17) is 28.6 Å². The maximum absolute atomic E-state index is 12.2. The van der Waals surface area contributed by atoms with E-state index in [1.54, 1.807) is 6.07 Å². The van der Waals surface area contributed by atoms with E-state index in [0.717, 1.165) is 24.2 Å². The van der Waals surface area contributed by atoms with Gasteiger partial charge in [0.15, 0.2) is 17.2 Å². The lowest BCUT2D eigenvalue weighted by atomic mass is 9.84. The van der Waals surface area contributed by atoms with Crippen LogP contribution < -0.4 is 10.1 Å². The van der Waals surface area contributed by atoms with E-state index in [-0.39, 0.29) is 12.5 Å². The van der Waals surface area contributed by atoms with E-state index in [1.165, 1.54) is 19.3 Å². The second-order valence-electron chi connectivity index (χ2n) is 6.77. The van der Waals surface area contributed by atoms with Gasteiger partial charge >= 0.3 is 0 Å². The third kappa shape index (κ3) is 5.11. The predicted octanol–water partition coefficient (Wildman–Crippen LogP) is 4.36. The average molecular weight is 409 g/mol. The van der Waals surface area contributed by atoms with Gasteiger partial charge in [-0.05, 0) is 61.7 Å². The SMILES string of the molecule is CCn1c(CNC(=O)COc2ccc(Cl)cc2C2CCCCC2)n[nH]c1=S. The Morgan fingerprint density at radius 2 is 2.19 bits per heavy atom. The molecule has 3 rings (SSSR count). The van der Waals surface area contributed by atoms with Crippen LogP contribution in [0.15, 0.2) is 18.2 Å². The summed E-state index contributed by atoms with van der Waals surface area (Å²) in [6.45, 7) is 2.94. The minimum atomic E-state index is -0.198. The number of halogens is 1. The number of ether oxygens (including phenoxy) is 1. The highest BCUT2D eigenvalue weighted by Crippen LogP contribution is 2.38. The van der Waals surface area contributed by atoms with Gasteiger partial charge in [-0.2, -0.15) is 5.10 Å². The molecule has 2 N–H and O–H groups in total. The summed E-state index contributed by atoms with van der Waals surface area (Å²) in [4.78, 5) is 12.2. The van der Waals surface area contributed by atoms with E-state index >= 15 is 0 Å². The standard InChI is InChI=1S/C19H25ClN4O2S/c1-2-24-17(22-23-19(24)27)11-21-18(25)12-26-16-9-8-14(20)10-15(16)13-6-4-3-5-7-13/h8-10,13H,2-7,11-12H2,1H3,(H,21,25)(H,23,27). The molecule has 0 radical (unpaired) electrons. The van der Waals surface area contributed by atoms with Gasteiger partial charge in [-0.25, -0.2) is 0 Å². The fourth-order valence-electron chi connectivity index (χ4n) is 3.57. The van der Waals surface area contributed by atoms with Crippen LogP contribution in [0.1, 0.15) is 56.3 Å². The molecule has 0 spiro atoms. The van der Waals surface area contributed by atoms with Crippen molar-refractivity contribution < 1.29 is 9.53 Å². The molecular weight excluding hydrogens is 384 g/mol. The molecular formula is C19H25ClN4O2S. The van der Waals surface area contributed by atoms with E-state index in [2.05, 4.69) is 15.5 Å². The molecule has 0 bridgehead atoms. The van der Waals surface area contributed by atoms with E-state index in [1.807, 2.05) is 23.6 Å². The molecule has 1 aliphatic rings. The van der Waals surface area contributed by atoms with Gasteiger partial charge in [-0.3, -0.25) is 9.89 Å². The molecule has 146 valence electrons. The number of aromatic amines is 1. The van der Waals surface area contributed by atoms with Crippen molar-refractivity contribution in [3.8, 4) is 5.75 Å². The Balaban J connectivity index is 1.59. The summed E-state index contributed by atoms with van der Waals surface area (Å²) in [6, 6.07) is 5.64. The van der Waals surface area contributed by atoms with Gasteiger partial charge < -0.3 is 14.6 Å². The number of H-pyrrole nitrogens is 1. The second kappa shape index (κ2) is 9.37. The van der Waals surface area contributed by atoms with E-state index in [0.29, 0.717) is 34.6 Å². The zero-order chi connectivity index (χ0) is 19.2. The number of amides is 1. The van der Waals surface area contributed by atoms with Crippen LogP contribution >= 0.6 is 23.8 Å². The quantitative estimate of drug-likeness (QED) is 0.668. The van der Waals surface area contributed by atoms with E-state index in [9.17, 15) is 4.79 Å². The minimum Gasteiger partial charge on any atom is -0.483 e. The molecule has 0 aliphatic heterocycles. The lowest BCUT2D eigenvalue weighted by Crippen LogP contribution is -2.29. The van der Waals surface area contributed by atoms with Gasteiger partial charge in [0, 0.05) is 11.6 Å². The number of nitrogens with zero attached hydrogens (tertiary/aromatic N) is 2. The smallest absolute Gasteiger partial charge is 0.258 e. The van der Waals surface area contributed by atoms with Crippen molar-refractivity contribution in [2.24, 2.45) is 0 Å². The van der Waals surface area contributed by atoms with Crippen LogP contribution in [0.2, 0.25) is 5.02 Å². The Morgan fingerprint density at radius 1 is 1.41 bits per heavy atom. The molecule has 6 nitrogen and oxygen atoms in total. The maximum Gasteiger partial charge on any atom is 0.258 e. The average Bonchev–Trinajstić information content (AvgIpc) is 3.05. The number of nitrogens with one attached hydrogen (secondary N) is 2. The minimum absolute atomic E-state index is 0.0430. The van der Waals surface area contributed by atoms with Crippen molar-refractivity contribution in [3.05, 3.63) is 39.4 Å². The molecule has 1 aromatic heterocycles. The first-order valence-corrected chi connectivity index (χ1v) is 10.2. The topological polar surface area (TPSA) is 71.9 Å². The van der Waals surface area contributed by atoms with Crippen LogP contribution in [0.5, 0.6) is 5.75 Å². The van der Waals surface area contributed by atoms with Crippen molar-refractivity contribution in [2.75, 3.05) is 6.61 Å². The highest BCUT2D eigenvalue weighted by molar-refractivity contribution is 7.71. The van der Waals surface area contributed by atoms with Gasteiger partial charge in [-0.15, -0.1) is 0 Å². The number of aromatic nitrogens is 3. The number of rotatable bonds is 7. The summed E-state index contributed by atoms with van der Waals surface area (Å²) in [7, 11) is 0. The Bertz CT molecular complexity index is 842. The lowest BCUT2D eigenvalue weighted by Gasteiger charge is -2.24. The Labute approximate surface area is 169 Å². The number of hydrogen-bond acceptors (Lipinski definition) is 4. The Kier molecular flexibility index (Phi) is 6.90. The molecule has 1 heterocycles. The van der Waals surface area contributed by atoms with Gasteiger partial charge in [0.1, 0.15) is 5.75 Å². The van der Waals surface area contributed by atoms with Gasteiger partial charge in [0.2, 0.25) is 0 Å². The molecule has 1 fully saturated rings. The van der Waals surface area contributed by atoms with Gasteiger partial charge in [-0.1, -0.05) is 30.9 Å². The van der Waals surface area contributed by atoms with Crippen molar-refractivity contribution >= 4 is 29.7 Å². The fourth-order valence-corrected chi connectivity index (χ4v) is 4.03. The van der Waals surface area contributed by atoms with Crippen LogP contribution in [0.4, 0.5) is 0 Å². The largest absolute Gasteiger partial charge is 0.483 e. The summed E-state index contributed by atoms with van der Waals surface area (Å²) in [5.41, 5.74) is 1.11. The zero-order valence-electron chi connectivity index (χ0n) is 15.5. The summed E-state index contributed by atoms with van der Waals surface area (Å²) in [5, 5.41) is 10.4. The molecule has 1 aliphatic carbocycles. The molecule has 1 saturated carbocycles. The summed E-state index contributed by atoms with van der Waals surface area (Å²) in [6.07, 6.45) is 6.02. The molecule has 0 atom stereocenters. The normalized spacial score (nSPS) is 14.9. The van der Waals surface area contributed by atoms with Crippen LogP contribution in [-0.2, 0) is 17.9 Å². The first-order valence-electron chi connectivity index (χ1n) is 9.41. The summed E-state index contributed by atoms with van der Waals surface area (Å²) in [5.74, 6) is 1.70. The van der Waals surface area contributed by atoms with Crippen LogP contribution in [0, 0.1) is 4.77 Å². The number of hydrogen-bond donors (Lipinski definition) is 2. The fraction of sp³-hybridized carbons (Fsp3) is 0.526. The second-order valence-corrected chi connectivity index (χ2v) is 7.59. The monoisotopic (exact) mass is 408 g/mol. The van der Waals surface area contributed by atoms with Crippen molar-refractivity contribution in [3.63, 3.8) is 0 Å². The molecule has 0 saturated heterocycles. The zero-order valence-corrected chi connectivity index (χ0v) is 17.0. The third-order valence-electron chi connectivity index (χ3n) is 4.97. The van der Waals surface area contributed by atoms with Crippen LogP contribution in [0.25, 0.3) is 0 Å². The molecule has 1 aromatic carbocycles. The van der Waals surface area contributed by atoms with Gasteiger partial charge in [0.25, 0.3) is 5.91 Å². The number of carbonyl (C=O) groups is 1. The molecule has 27 heavy (non-hydrogen) atoms. The number of carbonyl (C=O) groups excluding carboxylic acids is 1. The first kappa shape index (κ1) is 19.9. The summed E-state index contributed by atoms with van der Waals surface area (Å²) < 4.78 is 8.23. The molecule has 1 amide bonds. The highest BCUT2D eigenvalue weighted by Gasteiger charge is 2.20. The molecule has 0 unspecified atom stereocenters. The lowest BCUT2D eigenvalue weighted by molar-refractivity contribution is -0.123. The summed E-state index contributed by atoms with van der Waals surface area (Å²) >= 11 is 11.3. The Morgan fingerprint density at radius 3 is 2.93 bits per heavy atom. The maximum atomic E-state index is 12.2. The van der Waals surface area contributed by atoms with Crippen molar-refractivity contribution in [1.29, 1.82) is 0 Å². The molecule has 8 heteroatoms. The molecule has 2 aromatic rings. The predicted molar refractivity (Wildman–Crippen MR) is 108 cm³/mol. The van der Waals surface area contributed by atoms with E-state index < -0.39 is 0 Å².